The van der Waals surface area contributed by atoms with Crippen molar-refractivity contribution in [2.45, 2.75) is 6.42 Å². The molecule has 0 aromatic heterocycles. The van der Waals surface area contributed by atoms with Gasteiger partial charge in [0.05, 0.1) is 5.69 Å². The minimum absolute atomic E-state index is 0.311. The molecule has 2 aromatic rings. The van der Waals surface area contributed by atoms with Gasteiger partial charge in [-0.3, -0.25) is 9.59 Å². The maximum absolute atomic E-state index is 12.4. The second kappa shape index (κ2) is 6.67. The van der Waals surface area contributed by atoms with Crippen LogP contribution in [0.5, 0.6) is 0 Å². The predicted octanol–water partition coefficient (Wildman–Crippen LogP) is 2.93. The number of halogens is 1. The Balaban J connectivity index is 1.65. The molecule has 0 radical (unpaired) electrons. The van der Waals surface area contributed by atoms with Gasteiger partial charge in [-0.2, -0.15) is 0 Å². The van der Waals surface area contributed by atoms with Crippen molar-refractivity contribution < 1.29 is 9.59 Å². The lowest BCUT2D eigenvalue weighted by atomic mass is 10.1. The van der Waals surface area contributed by atoms with Gasteiger partial charge in [0, 0.05) is 17.6 Å². The van der Waals surface area contributed by atoms with E-state index in [1.165, 1.54) is 11.6 Å². The van der Waals surface area contributed by atoms with E-state index in [-0.39, 0.29) is 11.8 Å². The average molecular weight is 327 g/mol. The maximum atomic E-state index is 12.4. The summed E-state index contributed by atoms with van der Waals surface area (Å²) in [5.74, 6) is -0.718. The summed E-state index contributed by atoms with van der Waals surface area (Å²) in [5, 5.41) is 3.52. The zero-order chi connectivity index (χ0) is 16.2. The van der Waals surface area contributed by atoms with Gasteiger partial charge in [-0.05, 0) is 30.2 Å². The van der Waals surface area contributed by atoms with E-state index in [1.807, 2.05) is 30.3 Å². The number of rotatable bonds is 5. The molecule has 0 bridgehead atoms. The molecule has 0 spiro atoms. The Morgan fingerprint density at radius 1 is 1.00 bits per heavy atom. The molecule has 23 heavy (non-hydrogen) atoms. The normalized spacial score (nSPS) is 14.1. The average Bonchev–Trinajstić information content (AvgIpc) is 2.82. The highest BCUT2D eigenvalue weighted by Crippen LogP contribution is 2.24. The van der Waals surface area contributed by atoms with E-state index in [1.54, 1.807) is 24.3 Å². The van der Waals surface area contributed by atoms with Gasteiger partial charge in [-0.15, -0.1) is 0 Å². The SMILES string of the molecule is O=C1C=C(NCCc2ccccc2)C(=O)N1c1cccc(Cl)c1. The number of carbonyl (C=O) groups is 2. The van der Waals surface area contributed by atoms with E-state index >= 15 is 0 Å². The molecule has 1 aliphatic rings. The molecule has 0 saturated heterocycles. The van der Waals surface area contributed by atoms with Crippen molar-refractivity contribution in [3.05, 3.63) is 77.0 Å². The molecule has 0 fully saturated rings. The highest BCUT2D eigenvalue weighted by Gasteiger charge is 2.32. The van der Waals surface area contributed by atoms with Crippen LogP contribution in [0.1, 0.15) is 5.56 Å². The van der Waals surface area contributed by atoms with E-state index in [2.05, 4.69) is 5.32 Å². The number of hydrogen-bond acceptors (Lipinski definition) is 3. The third-order valence-electron chi connectivity index (χ3n) is 3.56. The molecule has 4 nitrogen and oxygen atoms in total. The van der Waals surface area contributed by atoms with Crippen LogP contribution < -0.4 is 10.2 Å². The summed E-state index contributed by atoms with van der Waals surface area (Å²) in [6.07, 6.45) is 2.10. The molecule has 3 rings (SSSR count). The Bertz CT molecular complexity index is 772. The molecule has 1 aliphatic heterocycles. The molecule has 1 N–H and O–H groups in total. The number of amides is 2. The van der Waals surface area contributed by atoms with E-state index < -0.39 is 0 Å². The van der Waals surface area contributed by atoms with Crippen molar-refractivity contribution in [2.75, 3.05) is 11.4 Å². The molecule has 0 aliphatic carbocycles. The summed E-state index contributed by atoms with van der Waals surface area (Å²) in [7, 11) is 0. The number of benzene rings is 2. The minimum atomic E-state index is -0.362. The van der Waals surface area contributed by atoms with Gasteiger partial charge in [0.25, 0.3) is 11.8 Å². The summed E-state index contributed by atoms with van der Waals surface area (Å²) in [5.41, 5.74) is 1.96. The number of hydrogen-bond donors (Lipinski definition) is 1. The molecular formula is C18H15ClN2O2. The number of imide groups is 1. The van der Waals surface area contributed by atoms with E-state index in [4.69, 9.17) is 11.6 Å². The lowest BCUT2D eigenvalue weighted by Gasteiger charge is -2.15. The van der Waals surface area contributed by atoms with Crippen molar-refractivity contribution in [1.29, 1.82) is 0 Å². The zero-order valence-electron chi connectivity index (χ0n) is 12.3. The van der Waals surface area contributed by atoms with Gasteiger partial charge in [-0.25, -0.2) is 4.90 Å². The molecule has 0 unspecified atom stereocenters. The molecule has 2 amide bonds. The van der Waals surface area contributed by atoms with Crippen LogP contribution in [0, 0.1) is 0 Å². The van der Waals surface area contributed by atoms with Gasteiger partial charge < -0.3 is 5.32 Å². The monoisotopic (exact) mass is 326 g/mol. The van der Waals surface area contributed by atoms with Crippen LogP contribution in [0.15, 0.2) is 66.4 Å². The Morgan fingerprint density at radius 2 is 1.78 bits per heavy atom. The first kappa shape index (κ1) is 15.3. The third-order valence-corrected chi connectivity index (χ3v) is 3.80. The van der Waals surface area contributed by atoms with Gasteiger partial charge in [0.1, 0.15) is 5.70 Å². The molecule has 116 valence electrons. The third kappa shape index (κ3) is 3.43. The summed E-state index contributed by atoms with van der Waals surface area (Å²) in [6, 6.07) is 16.6. The molecular weight excluding hydrogens is 312 g/mol. The van der Waals surface area contributed by atoms with Crippen molar-refractivity contribution in [2.24, 2.45) is 0 Å². The van der Waals surface area contributed by atoms with Crippen molar-refractivity contribution in [3.8, 4) is 0 Å². The fourth-order valence-corrected chi connectivity index (χ4v) is 2.63. The fraction of sp³-hybridized carbons (Fsp3) is 0.111. The quantitative estimate of drug-likeness (QED) is 0.859. The summed E-state index contributed by atoms with van der Waals surface area (Å²) in [4.78, 5) is 25.6. The molecule has 1 heterocycles. The van der Waals surface area contributed by atoms with Crippen LogP contribution >= 0.6 is 11.6 Å². The Labute approximate surface area is 139 Å². The Kier molecular flexibility index (Phi) is 4.44. The fourth-order valence-electron chi connectivity index (χ4n) is 2.44. The first-order valence-electron chi connectivity index (χ1n) is 7.28. The highest BCUT2D eigenvalue weighted by atomic mass is 35.5. The first-order chi connectivity index (χ1) is 11.1. The van der Waals surface area contributed by atoms with Crippen molar-refractivity contribution in [1.82, 2.24) is 5.32 Å². The van der Waals surface area contributed by atoms with Crippen LogP contribution in [-0.2, 0) is 16.0 Å². The molecule has 0 saturated carbocycles. The van der Waals surface area contributed by atoms with E-state index in [0.717, 1.165) is 11.3 Å². The number of carbonyl (C=O) groups excluding carboxylic acids is 2. The highest BCUT2D eigenvalue weighted by molar-refractivity contribution is 6.33. The first-order valence-corrected chi connectivity index (χ1v) is 7.66. The molecule has 5 heteroatoms. The standard InChI is InChI=1S/C18H15ClN2O2/c19-14-7-4-8-15(11-14)21-17(22)12-16(18(21)23)20-10-9-13-5-2-1-3-6-13/h1-8,11-12,20H,9-10H2. The largest absolute Gasteiger partial charge is 0.380 e. The van der Waals surface area contributed by atoms with Crippen molar-refractivity contribution in [3.63, 3.8) is 0 Å². The second-order valence-corrected chi connectivity index (χ2v) is 5.62. The van der Waals surface area contributed by atoms with Crippen LogP contribution in [0.25, 0.3) is 0 Å². The number of nitrogens with zero attached hydrogens (tertiary/aromatic N) is 1. The Hall–Kier alpha value is -2.59. The molecule has 0 atom stereocenters. The minimum Gasteiger partial charge on any atom is -0.380 e. The maximum Gasteiger partial charge on any atom is 0.281 e. The second-order valence-electron chi connectivity index (χ2n) is 5.18. The smallest absolute Gasteiger partial charge is 0.281 e. The Morgan fingerprint density at radius 3 is 2.52 bits per heavy atom. The topological polar surface area (TPSA) is 49.4 Å². The van der Waals surface area contributed by atoms with Crippen molar-refractivity contribution >= 4 is 29.1 Å². The summed E-state index contributed by atoms with van der Waals surface area (Å²) >= 11 is 5.92. The van der Waals surface area contributed by atoms with Gasteiger partial charge in [-0.1, -0.05) is 48.0 Å². The van der Waals surface area contributed by atoms with Crippen LogP contribution in [0.3, 0.4) is 0 Å². The predicted molar refractivity (Wildman–Crippen MR) is 90.2 cm³/mol. The number of anilines is 1. The van der Waals surface area contributed by atoms with Crippen LogP contribution in [-0.4, -0.2) is 18.4 Å². The van der Waals surface area contributed by atoms with Crippen LogP contribution in [0.2, 0.25) is 5.02 Å². The van der Waals surface area contributed by atoms with E-state index in [9.17, 15) is 9.59 Å². The summed E-state index contributed by atoms with van der Waals surface area (Å²) < 4.78 is 0. The van der Waals surface area contributed by atoms with Gasteiger partial charge in [0.15, 0.2) is 0 Å². The zero-order valence-corrected chi connectivity index (χ0v) is 13.1. The number of nitrogens with one attached hydrogen (secondary N) is 1. The van der Waals surface area contributed by atoms with E-state index in [0.29, 0.717) is 23.0 Å². The lowest BCUT2D eigenvalue weighted by Crippen LogP contribution is -2.33. The summed E-state index contributed by atoms with van der Waals surface area (Å²) in [6.45, 7) is 0.582. The van der Waals surface area contributed by atoms with Gasteiger partial charge >= 0.3 is 0 Å². The van der Waals surface area contributed by atoms with Gasteiger partial charge in [0.2, 0.25) is 0 Å². The molecule has 2 aromatic carbocycles. The van der Waals surface area contributed by atoms with Crippen LogP contribution in [0.4, 0.5) is 5.69 Å². The lowest BCUT2D eigenvalue weighted by molar-refractivity contribution is -0.120.